The molecular formula is C20H23N3O. The number of H-pyrrole nitrogens is 1. The van der Waals surface area contributed by atoms with Crippen LogP contribution in [0.2, 0.25) is 0 Å². The SMILES string of the molecule is O=c1[nH]c2cnc3c(c2n1CC12CC4CC(CC(C4)C1)C2)C=CC3. The molecule has 7 rings (SSSR count). The molecule has 0 unspecified atom stereocenters. The average Bonchev–Trinajstić information content (AvgIpc) is 3.10. The number of pyridine rings is 1. The smallest absolute Gasteiger partial charge is 0.304 e. The number of imidazole rings is 1. The number of rotatable bonds is 2. The molecule has 1 N–H and O–H groups in total. The summed E-state index contributed by atoms with van der Waals surface area (Å²) in [6, 6.07) is 0. The minimum atomic E-state index is 0.0521. The fraction of sp³-hybridized carbons (Fsp3) is 0.600. The third-order valence-electron chi connectivity index (χ3n) is 7.18. The maximum Gasteiger partial charge on any atom is 0.326 e. The Morgan fingerprint density at radius 2 is 1.88 bits per heavy atom. The van der Waals surface area contributed by atoms with Crippen LogP contribution >= 0.6 is 0 Å². The van der Waals surface area contributed by atoms with Crippen LogP contribution in [-0.2, 0) is 13.0 Å². The van der Waals surface area contributed by atoms with Crippen LogP contribution in [0.1, 0.15) is 49.8 Å². The van der Waals surface area contributed by atoms with Crippen molar-refractivity contribution in [2.24, 2.45) is 23.2 Å². The molecule has 0 amide bonds. The summed E-state index contributed by atoms with van der Waals surface area (Å²) in [5.74, 6) is 2.76. The molecule has 5 aliphatic carbocycles. The number of nitrogens with zero attached hydrogens (tertiary/aromatic N) is 2. The topological polar surface area (TPSA) is 50.7 Å². The molecule has 2 aromatic rings. The summed E-state index contributed by atoms with van der Waals surface area (Å²) in [4.78, 5) is 20.3. The fourth-order valence-electron chi connectivity index (χ4n) is 6.82. The van der Waals surface area contributed by atoms with Gasteiger partial charge in [0.05, 0.1) is 22.9 Å². The van der Waals surface area contributed by atoms with E-state index in [9.17, 15) is 4.79 Å². The summed E-state index contributed by atoms with van der Waals surface area (Å²) in [5.41, 5.74) is 4.68. The van der Waals surface area contributed by atoms with Crippen LogP contribution in [0.25, 0.3) is 17.1 Å². The molecule has 4 fully saturated rings. The normalized spacial score (nSPS) is 35.9. The second kappa shape index (κ2) is 4.41. The highest BCUT2D eigenvalue weighted by atomic mass is 16.1. The minimum Gasteiger partial charge on any atom is -0.304 e. The van der Waals surface area contributed by atoms with Crippen LogP contribution in [0.5, 0.6) is 0 Å². The van der Waals surface area contributed by atoms with E-state index >= 15 is 0 Å². The van der Waals surface area contributed by atoms with Crippen molar-refractivity contribution >= 4 is 17.1 Å². The molecule has 0 aliphatic heterocycles. The van der Waals surface area contributed by atoms with Gasteiger partial charge in [-0.2, -0.15) is 0 Å². The minimum absolute atomic E-state index is 0.0521. The molecule has 24 heavy (non-hydrogen) atoms. The first-order valence-corrected chi connectivity index (χ1v) is 9.46. The lowest BCUT2D eigenvalue weighted by atomic mass is 9.49. The third-order valence-corrected chi connectivity index (χ3v) is 7.18. The van der Waals surface area contributed by atoms with Crippen LogP contribution < -0.4 is 5.69 Å². The van der Waals surface area contributed by atoms with Gasteiger partial charge in [-0.3, -0.25) is 9.55 Å². The first-order valence-electron chi connectivity index (χ1n) is 9.46. The van der Waals surface area contributed by atoms with Crippen LogP contribution in [0.15, 0.2) is 17.1 Å². The molecule has 5 aliphatic rings. The van der Waals surface area contributed by atoms with Gasteiger partial charge >= 0.3 is 5.69 Å². The maximum atomic E-state index is 12.7. The second-order valence-electron chi connectivity index (χ2n) is 8.92. The first-order chi connectivity index (χ1) is 11.7. The van der Waals surface area contributed by atoms with Gasteiger partial charge in [-0.05, 0) is 61.7 Å². The molecule has 2 heterocycles. The number of allylic oxidation sites excluding steroid dienone is 1. The highest BCUT2D eigenvalue weighted by molar-refractivity contribution is 5.87. The lowest BCUT2D eigenvalue weighted by Gasteiger charge is -2.57. The van der Waals surface area contributed by atoms with Gasteiger partial charge in [0.2, 0.25) is 0 Å². The van der Waals surface area contributed by atoms with Gasteiger partial charge in [-0.15, -0.1) is 0 Å². The Morgan fingerprint density at radius 3 is 2.58 bits per heavy atom. The van der Waals surface area contributed by atoms with E-state index in [4.69, 9.17) is 0 Å². The second-order valence-corrected chi connectivity index (χ2v) is 8.92. The highest BCUT2D eigenvalue weighted by Gasteiger charge is 2.51. The third kappa shape index (κ3) is 1.74. The zero-order valence-electron chi connectivity index (χ0n) is 13.9. The standard InChI is InChI=1S/C20H23N3O/c24-19-22-17-10-21-16-3-1-2-15(16)18(17)23(19)11-20-7-12-4-13(8-20)6-14(5-12)9-20/h1-2,10,12-14H,3-9,11H2,(H,22,24). The van der Waals surface area contributed by atoms with Crippen LogP contribution in [0, 0.1) is 23.2 Å². The first kappa shape index (κ1) is 13.5. The monoisotopic (exact) mass is 321 g/mol. The molecule has 0 spiro atoms. The Labute approximate surface area is 141 Å². The van der Waals surface area contributed by atoms with E-state index in [0.29, 0.717) is 5.41 Å². The van der Waals surface area contributed by atoms with Gasteiger partial charge in [0.1, 0.15) is 0 Å². The quantitative estimate of drug-likeness (QED) is 0.920. The highest BCUT2D eigenvalue weighted by Crippen LogP contribution is 2.60. The van der Waals surface area contributed by atoms with Crippen LogP contribution in [-0.4, -0.2) is 14.5 Å². The van der Waals surface area contributed by atoms with Crippen molar-refractivity contribution in [2.45, 2.75) is 51.5 Å². The molecule has 4 heteroatoms. The van der Waals surface area contributed by atoms with Crippen LogP contribution in [0.4, 0.5) is 0 Å². The molecule has 0 aromatic carbocycles. The Balaban J connectivity index is 1.49. The number of aromatic amines is 1. The van der Waals surface area contributed by atoms with E-state index in [2.05, 4.69) is 26.7 Å². The molecule has 0 atom stereocenters. The molecule has 2 aromatic heterocycles. The van der Waals surface area contributed by atoms with Crippen molar-refractivity contribution in [1.82, 2.24) is 14.5 Å². The summed E-state index contributed by atoms with van der Waals surface area (Å²) in [6.45, 7) is 0.902. The summed E-state index contributed by atoms with van der Waals surface area (Å²) < 4.78 is 2.05. The molecule has 0 saturated heterocycles. The van der Waals surface area contributed by atoms with Crippen molar-refractivity contribution in [3.05, 3.63) is 34.0 Å². The van der Waals surface area contributed by atoms with E-state index in [-0.39, 0.29) is 5.69 Å². The Kier molecular flexibility index (Phi) is 2.47. The van der Waals surface area contributed by atoms with Gasteiger partial charge in [0.15, 0.2) is 0 Å². The number of fused-ring (bicyclic) bond motifs is 3. The molecule has 4 nitrogen and oxygen atoms in total. The van der Waals surface area contributed by atoms with Gasteiger partial charge in [-0.1, -0.05) is 12.2 Å². The largest absolute Gasteiger partial charge is 0.326 e. The number of aromatic nitrogens is 3. The Morgan fingerprint density at radius 1 is 1.17 bits per heavy atom. The zero-order valence-corrected chi connectivity index (χ0v) is 13.9. The molecule has 0 radical (unpaired) electrons. The molecule has 4 saturated carbocycles. The van der Waals surface area contributed by atoms with Crippen molar-refractivity contribution < 1.29 is 0 Å². The van der Waals surface area contributed by atoms with Crippen molar-refractivity contribution in [3.63, 3.8) is 0 Å². The average molecular weight is 321 g/mol. The van der Waals surface area contributed by atoms with Crippen molar-refractivity contribution in [3.8, 4) is 0 Å². The van der Waals surface area contributed by atoms with Crippen molar-refractivity contribution in [2.75, 3.05) is 0 Å². The van der Waals surface area contributed by atoms with E-state index in [1.54, 1.807) is 0 Å². The molecule has 4 bridgehead atoms. The predicted molar refractivity (Wildman–Crippen MR) is 93.7 cm³/mol. The van der Waals surface area contributed by atoms with E-state index in [0.717, 1.165) is 53.0 Å². The molecule has 124 valence electrons. The summed E-state index contributed by atoms with van der Waals surface area (Å²) in [7, 11) is 0. The molecular weight excluding hydrogens is 298 g/mol. The lowest BCUT2D eigenvalue weighted by Crippen LogP contribution is -2.48. The Hall–Kier alpha value is -1.84. The van der Waals surface area contributed by atoms with Gasteiger partial charge < -0.3 is 4.98 Å². The van der Waals surface area contributed by atoms with Gasteiger partial charge in [0.25, 0.3) is 0 Å². The predicted octanol–water partition coefficient (Wildman–Crippen LogP) is 3.51. The van der Waals surface area contributed by atoms with Gasteiger partial charge in [0, 0.05) is 18.5 Å². The number of hydrogen-bond donors (Lipinski definition) is 1. The van der Waals surface area contributed by atoms with Crippen LogP contribution in [0.3, 0.4) is 0 Å². The summed E-state index contributed by atoms with van der Waals surface area (Å²) in [6.07, 6.45) is 15.4. The van der Waals surface area contributed by atoms with E-state index in [1.807, 2.05) is 6.20 Å². The van der Waals surface area contributed by atoms with E-state index in [1.165, 1.54) is 38.5 Å². The zero-order chi connectivity index (χ0) is 15.9. The Bertz CT molecular complexity index is 897. The van der Waals surface area contributed by atoms with Crippen molar-refractivity contribution in [1.29, 1.82) is 0 Å². The number of nitrogens with one attached hydrogen (secondary N) is 1. The van der Waals surface area contributed by atoms with E-state index < -0.39 is 0 Å². The maximum absolute atomic E-state index is 12.7. The summed E-state index contributed by atoms with van der Waals surface area (Å²) >= 11 is 0. The fourth-order valence-corrected chi connectivity index (χ4v) is 6.82. The number of hydrogen-bond acceptors (Lipinski definition) is 2. The lowest BCUT2D eigenvalue weighted by molar-refractivity contribution is -0.0617. The summed E-state index contributed by atoms with van der Waals surface area (Å²) in [5, 5.41) is 0. The van der Waals surface area contributed by atoms with Gasteiger partial charge in [-0.25, -0.2) is 4.79 Å².